The summed E-state index contributed by atoms with van der Waals surface area (Å²) in [6, 6.07) is 14.2. The minimum absolute atomic E-state index is 0.233. The minimum atomic E-state index is -0.981. The Balaban J connectivity index is 1.98. The van der Waals surface area contributed by atoms with Crippen molar-refractivity contribution in [2.45, 2.75) is 59.5 Å². The van der Waals surface area contributed by atoms with Gasteiger partial charge in [0.1, 0.15) is 0 Å². The third-order valence-electron chi connectivity index (χ3n) is 5.57. The Hall–Kier alpha value is -3.15. The predicted octanol–water partition coefficient (Wildman–Crippen LogP) is 5.55. The van der Waals surface area contributed by atoms with E-state index in [2.05, 4.69) is 13.8 Å². The van der Waals surface area contributed by atoms with Crippen molar-refractivity contribution < 1.29 is 14.3 Å². The maximum Gasteiger partial charge on any atom is 0.336 e. The number of nitrogens with zero attached hydrogens (tertiary/aromatic N) is 2. The van der Waals surface area contributed by atoms with Crippen LogP contribution in [0.1, 0.15) is 62.7 Å². The Kier molecular flexibility index (Phi) is 6.72. The maximum absolute atomic E-state index is 15.3. The highest BCUT2D eigenvalue weighted by molar-refractivity contribution is 5.95. The van der Waals surface area contributed by atoms with Crippen molar-refractivity contribution in [1.29, 1.82) is 0 Å². The molecule has 0 amide bonds. The van der Waals surface area contributed by atoms with Crippen molar-refractivity contribution in [3.63, 3.8) is 0 Å². The summed E-state index contributed by atoms with van der Waals surface area (Å²) in [6.45, 7) is 9.88. The molecule has 6 heteroatoms. The molecule has 0 atom stereocenters. The van der Waals surface area contributed by atoms with Crippen LogP contribution in [0.25, 0.3) is 11.1 Å². The van der Waals surface area contributed by atoms with Gasteiger partial charge in [0, 0.05) is 5.54 Å². The molecular formula is C26H31FN2O3. The van der Waals surface area contributed by atoms with Crippen LogP contribution in [0.2, 0.25) is 0 Å². The molecule has 0 radical (unpaired) electrons. The molecule has 1 N–H and O–H groups in total. The van der Waals surface area contributed by atoms with E-state index in [0.29, 0.717) is 23.6 Å². The first-order valence-corrected chi connectivity index (χ1v) is 10.9. The molecule has 0 aliphatic rings. The van der Waals surface area contributed by atoms with E-state index in [4.69, 9.17) is 0 Å². The second-order valence-electron chi connectivity index (χ2n) is 9.59. The summed E-state index contributed by atoms with van der Waals surface area (Å²) < 4.78 is 18.1. The molecule has 1 aromatic heterocycles. The first-order chi connectivity index (χ1) is 15.0. The third-order valence-corrected chi connectivity index (χ3v) is 5.57. The van der Waals surface area contributed by atoms with Crippen molar-refractivity contribution in [3.8, 4) is 11.1 Å². The van der Waals surface area contributed by atoms with Crippen LogP contribution in [-0.2, 0) is 18.5 Å². The van der Waals surface area contributed by atoms with Gasteiger partial charge in [0.15, 0.2) is 0 Å². The van der Waals surface area contributed by atoms with E-state index in [1.54, 1.807) is 24.3 Å². The summed E-state index contributed by atoms with van der Waals surface area (Å²) in [6.07, 6.45) is 1.28. The molecule has 0 bridgehead atoms. The highest BCUT2D eigenvalue weighted by atomic mass is 19.1. The van der Waals surface area contributed by atoms with Crippen molar-refractivity contribution in [2.75, 3.05) is 0 Å². The monoisotopic (exact) mass is 438 g/mol. The van der Waals surface area contributed by atoms with Gasteiger partial charge in [-0.05, 0) is 62.3 Å². The minimum Gasteiger partial charge on any atom is -0.478 e. The largest absolute Gasteiger partial charge is 0.478 e. The molecule has 3 rings (SSSR count). The van der Waals surface area contributed by atoms with E-state index in [1.165, 1.54) is 9.13 Å². The van der Waals surface area contributed by atoms with Crippen LogP contribution in [0.4, 0.5) is 4.39 Å². The molecule has 5 nitrogen and oxygen atoms in total. The van der Waals surface area contributed by atoms with Crippen LogP contribution >= 0.6 is 0 Å². The summed E-state index contributed by atoms with van der Waals surface area (Å²) in [5, 5.41) is 9.45. The van der Waals surface area contributed by atoms with Gasteiger partial charge < -0.3 is 5.11 Å². The zero-order valence-corrected chi connectivity index (χ0v) is 19.4. The second kappa shape index (κ2) is 9.15. The number of aromatic nitrogens is 2. The van der Waals surface area contributed by atoms with Gasteiger partial charge in [-0.15, -0.1) is 0 Å². The smallest absolute Gasteiger partial charge is 0.336 e. The molecule has 1 heterocycles. The number of aromatic carboxylic acids is 1. The van der Waals surface area contributed by atoms with Crippen LogP contribution in [0.3, 0.4) is 0 Å². The van der Waals surface area contributed by atoms with Gasteiger partial charge >= 0.3 is 11.7 Å². The Labute approximate surface area is 188 Å². The number of carboxylic acid groups (broad SMARTS) is 1. The van der Waals surface area contributed by atoms with Crippen LogP contribution in [-0.4, -0.2) is 20.2 Å². The molecule has 0 spiro atoms. The number of hydrogen-bond donors (Lipinski definition) is 1. The molecule has 3 aromatic rings. The number of carbonyl (C=O) groups is 1. The highest BCUT2D eigenvalue weighted by Gasteiger charge is 2.27. The quantitative estimate of drug-likeness (QED) is 0.526. The Morgan fingerprint density at radius 1 is 1.06 bits per heavy atom. The first kappa shape index (κ1) is 23.5. The molecule has 0 saturated heterocycles. The molecule has 32 heavy (non-hydrogen) atoms. The van der Waals surface area contributed by atoms with E-state index in [0.717, 1.165) is 17.5 Å². The zero-order valence-electron chi connectivity index (χ0n) is 19.4. The van der Waals surface area contributed by atoms with E-state index in [1.807, 2.05) is 45.0 Å². The lowest BCUT2D eigenvalue weighted by molar-refractivity contribution is 0.0697. The predicted molar refractivity (Wildman–Crippen MR) is 125 cm³/mol. The lowest BCUT2D eigenvalue weighted by atomic mass is 9.98. The Morgan fingerprint density at radius 3 is 2.25 bits per heavy atom. The number of carboxylic acids is 1. The molecule has 0 aliphatic carbocycles. The standard InChI is InChI=1S/C26H31FN2O3/c1-17(2)10-15-22-23(27)29(26(3,4)5)25(32)28(22)16-18-11-13-19(14-12-18)20-8-6-7-9-21(20)24(30)31/h6-9,11-14,17H,10,15-16H2,1-5H3,(H,30,31). The summed E-state index contributed by atoms with van der Waals surface area (Å²) in [7, 11) is 0. The fourth-order valence-electron chi connectivity index (χ4n) is 3.86. The van der Waals surface area contributed by atoms with Crippen LogP contribution in [0.15, 0.2) is 53.3 Å². The van der Waals surface area contributed by atoms with Crippen molar-refractivity contribution in [2.24, 2.45) is 5.92 Å². The molecule has 0 saturated carbocycles. The topological polar surface area (TPSA) is 64.2 Å². The van der Waals surface area contributed by atoms with E-state index < -0.39 is 17.5 Å². The summed E-state index contributed by atoms with van der Waals surface area (Å²) >= 11 is 0. The first-order valence-electron chi connectivity index (χ1n) is 10.9. The van der Waals surface area contributed by atoms with E-state index in [9.17, 15) is 14.7 Å². The average Bonchev–Trinajstić information content (AvgIpc) is 2.96. The number of rotatable bonds is 7. The van der Waals surface area contributed by atoms with Crippen LogP contribution in [0, 0.1) is 11.9 Å². The van der Waals surface area contributed by atoms with E-state index >= 15 is 4.39 Å². The Morgan fingerprint density at radius 2 is 1.69 bits per heavy atom. The van der Waals surface area contributed by atoms with Crippen molar-refractivity contribution >= 4 is 5.97 Å². The van der Waals surface area contributed by atoms with Crippen LogP contribution in [0.5, 0.6) is 0 Å². The fourth-order valence-corrected chi connectivity index (χ4v) is 3.86. The van der Waals surface area contributed by atoms with Crippen molar-refractivity contribution in [3.05, 3.63) is 81.8 Å². The van der Waals surface area contributed by atoms with Gasteiger partial charge in [0.05, 0.1) is 17.8 Å². The fraction of sp³-hybridized carbons (Fsp3) is 0.385. The van der Waals surface area contributed by atoms with Gasteiger partial charge in [-0.1, -0.05) is 56.3 Å². The summed E-state index contributed by atoms with van der Waals surface area (Å²) in [5.41, 5.74) is 1.90. The van der Waals surface area contributed by atoms with Gasteiger partial charge in [-0.25, -0.2) is 9.59 Å². The Bertz CT molecular complexity index is 1170. The highest BCUT2D eigenvalue weighted by Crippen LogP contribution is 2.25. The number of imidazole rings is 1. The molecule has 2 aromatic carbocycles. The van der Waals surface area contributed by atoms with Gasteiger partial charge in [0.25, 0.3) is 0 Å². The molecule has 0 aliphatic heterocycles. The molecule has 0 fully saturated rings. The maximum atomic E-state index is 15.3. The zero-order chi connectivity index (χ0) is 23.6. The molecule has 170 valence electrons. The normalized spacial score (nSPS) is 11.8. The molecule has 0 unspecified atom stereocenters. The second-order valence-corrected chi connectivity index (χ2v) is 9.59. The number of halogens is 1. The average molecular weight is 439 g/mol. The number of hydrogen-bond acceptors (Lipinski definition) is 2. The number of benzene rings is 2. The van der Waals surface area contributed by atoms with Gasteiger partial charge in [-0.3, -0.25) is 9.13 Å². The third kappa shape index (κ3) is 4.85. The SMILES string of the molecule is CC(C)CCc1c(F)n(C(C)(C)C)c(=O)n1Cc1ccc(-c2ccccc2C(=O)O)cc1. The van der Waals surface area contributed by atoms with Crippen LogP contribution < -0.4 is 5.69 Å². The lowest BCUT2D eigenvalue weighted by Gasteiger charge is -2.19. The van der Waals surface area contributed by atoms with E-state index in [-0.39, 0.29) is 17.8 Å². The molecular weight excluding hydrogens is 407 g/mol. The lowest BCUT2D eigenvalue weighted by Crippen LogP contribution is -2.36. The summed E-state index contributed by atoms with van der Waals surface area (Å²) in [5.74, 6) is -1.05. The summed E-state index contributed by atoms with van der Waals surface area (Å²) in [4.78, 5) is 24.7. The van der Waals surface area contributed by atoms with Gasteiger partial charge in [0.2, 0.25) is 5.95 Å². The van der Waals surface area contributed by atoms with Gasteiger partial charge in [-0.2, -0.15) is 4.39 Å². The van der Waals surface area contributed by atoms with Crippen molar-refractivity contribution in [1.82, 2.24) is 9.13 Å².